The molecule has 0 atom stereocenters. The van der Waals surface area contributed by atoms with Crippen LogP contribution in [0.3, 0.4) is 0 Å². The predicted octanol–water partition coefficient (Wildman–Crippen LogP) is 4.10. The number of nitrogens with zero attached hydrogens (tertiary/aromatic N) is 2. The number of para-hydroxylation sites is 1. The molecule has 0 aliphatic heterocycles. The zero-order chi connectivity index (χ0) is 15.4. The molecule has 0 aliphatic rings. The molecule has 4 heteroatoms. The first kappa shape index (κ1) is 14.9. The second-order valence-corrected chi connectivity index (χ2v) is 6.09. The van der Waals surface area contributed by atoms with Gasteiger partial charge in [0.15, 0.2) is 5.16 Å². The fraction of sp³-hybridized carbons (Fsp3) is 0.222. The minimum absolute atomic E-state index is 0.0583. The monoisotopic (exact) mass is 310 g/mol. The Morgan fingerprint density at radius 3 is 2.55 bits per heavy atom. The van der Waals surface area contributed by atoms with Crippen LogP contribution in [-0.4, -0.2) is 9.55 Å². The van der Waals surface area contributed by atoms with E-state index in [2.05, 4.69) is 19.1 Å². The van der Waals surface area contributed by atoms with E-state index in [0.717, 1.165) is 22.8 Å². The van der Waals surface area contributed by atoms with Crippen LogP contribution in [0.5, 0.6) is 0 Å². The lowest BCUT2D eigenvalue weighted by Gasteiger charge is -2.12. The van der Waals surface area contributed by atoms with Crippen LogP contribution < -0.4 is 5.56 Å². The van der Waals surface area contributed by atoms with Crippen molar-refractivity contribution < 1.29 is 0 Å². The molecule has 0 saturated heterocycles. The molecule has 1 aromatic heterocycles. The van der Waals surface area contributed by atoms with Gasteiger partial charge in [0.1, 0.15) is 0 Å². The van der Waals surface area contributed by atoms with E-state index in [9.17, 15) is 4.79 Å². The summed E-state index contributed by atoms with van der Waals surface area (Å²) >= 11 is 1.62. The topological polar surface area (TPSA) is 34.9 Å². The Labute approximate surface area is 134 Å². The summed E-state index contributed by atoms with van der Waals surface area (Å²) in [6, 6.07) is 17.8. The first-order chi connectivity index (χ1) is 10.8. The molecule has 0 aliphatic carbocycles. The molecule has 0 radical (unpaired) electrons. The lowest BCUT2D eigenvalue weighted by Crippen LogP contribution is -2.23. The van der Waals surface area contributed by atoms with E-state index in [0.29, 0.717) is 11.9 Å². The van der Waals surface area contributed by atoms with Crippen LogP contribution in [0.2, 0.25) is 0 Å². The van der Waals surface area contributed by atoms with Crippen molar-refractivity contribution in [1.29, 1.82) is 0 Å². The number of thioether (sulfide) groups is 1. The van der Waals surface area contributed by atoms with Crippen molar-refractivity contribution in [2.24, 2.45) is 0 Å². The van der Waals surface area contributed by atoms with Crippen molar-refractivity contribution in [3.8, 4) is 0 Å². The van der Waals surface area contributed by atoms with Crippen LogP contribution >= 0.6 is 11.8 Å². The summed E-state index contributed by atoms with van der Waals surface area (Å²) in [5.74, 6) is 0.815. The molecule has 0 N–H and O–H groups in total. The second-order valence-electron chi connectivity index (χ2n) is 5.14. The Balaban J connectivity index is 2.00. The molecule has 112 valence electrons. The Morgan fingerprint density at radius 2 is 1.77 bits per heavy atom. The largest absolute Gasteiger partial charge is 0.287 e. The molecule has 2 aromatic carbocycles. The van der Waals surface area contributed by atoms with E-state index in [1.165, 1.54) is 5.56 Å². The molecule has 3 aromatic rings. The van der Waals surface area contributed by atoms with Gasteiger partial charge >= 0.3 is 0 Å². The van der Waals surface area contributed by atoms with Crippen LogP contribution in [0, 0.1) is 0 Å². The zero-order valence-electron chi connectivity index (χ0n) is 12.5. The molecule has 22 heavy (non-hydrogen) atoms. The van der Waals surface area contributed by atoms with E-state index >= 15 is 0 Å². The number of hydrogen-bond acceptors (Lipinski definition) is 3. The number of aromatic nitrogens is 2. The lowest BCUT2D eigenvalue weighted by molar-refractivity contribution is 0.585. The summed E-state index contributed by atoms with van der Waals surface area (Å²) in [5, 5.41) is 1.49. The van der Waals surface area contributed by atoms with Gasteiger partial charge in [-0.15, -0.1) is 0 Å². The third kappa shape index (κ3) is 3.07. The van der Waals surface area contributed by atoms with Gasteiger partial charge in [0.05, 0.1) is 10.9 Å². The second kappa shape index (κ2) is 6.79. The van der Waals surface area contributed by atoms with Crippen LogP contribution in [0.15, 0.2) is 64.5 Å². The van der Waals surface area contributed by atoms with Gasteiger partial charge in [-0.3, -0.25) is 9.36 Å². The van der Waals surface area contributed by atoms with Crippen molar-refractivity contribution in [2.75, 3.05) is 0 Å². The summed E-state index contributed by atoms with van der Waals surface area (Å²) < 4.78 is 1.80. The van der Waals surface area contributed by atoms with E-state index in [4.69, 9.17) is 4.98 Å². The van der Waals surface area contributed by atoms with Crippen LogP contribution in [-0.2, 0) is 12.3 Å². The number of rotatable bonds is 5. The Kier molecular flexibility index (Phi) is 4.59. The average Bonchev–Trinajstić information content (AvgIpc) is 2.57. The summed E-state index contributed by atoms with van der Waals surface area (Å²) in [6.45, 7) is 2.78. The first-order valence-corrected chi connectivity index (χ1v) is 8.44. The first-order valence-electron chi connectivity index (χ1n) is 7.46. The zero-order valence-corrected chi connectivity index (χ0v) is 13.3. The standard InChI is InChI=1S/C18H18N2OS/c1-2-12-20-17(21)15-10-6-7-11-16(15)19-18(20)22-13-14-8-4-3-5-9-14/h3-11H,2,12-13H2,1H3. The molecule has 0 spiro atoms. The maximum Gasteiger partial charge on any atom is 0.262 e. The summed E-state index contributed by atoms with van der Waals surface area (Å²) in [5.41, 5.74) is 2.07. The molecule has 0 fully saturated rings. The van der Waals surface area contributed by atoms with Crippen molar-refractivity contribution >= 4 is 22.7 Å². The molecular formula is C18H18N2OS. The van der Waals surface area contributed by atoms with Gasteiger partial charge in [-0.25, -0.2) is 4.98 Å². The van der Waals surface area contributed by atoms with Gasteiger partial charge in [0, 0.05) is 12.3 Å². The minimum atomic E-state index is 0.0583. The molecule has 3 nitrogen and oxygen atoms in total. The third-order valence-corrected chi connectivity index (χ3v) is 4.53. The number of fused-ring (bicyclic) bond motifs is 1. The van der Waals surface area contributed by atoms with Crippen molar-refractivity contribution in [3.63, 3.8) is 0 Å². The number of hydrogen-bond donors (Lipinski definition) is 0. The maximum absolute atomic E-state index is 12.7. The molecule has 0 bridgehead atoms. The molecule has 3 rings (SSSR count). The molecular weight excluding hydrogens is 292 g/mol. The Morgan fingerprint density at radius 1 is 1.05 bits per heavy atom. The quantitative estimate of drug-likeness (QED) is 0.526. The lowest BCUT2D eigenvalue weighted by atomic mass is 10.2. The molecule has 1 heterocycles. The fourth-order valence-electron chi connectivity index (χ4n) is 2.40. The highest BCUT2D eigenvalue weighted by atomic mass is 32.2. The maximum atomic E-state index is 12.7. The Bertz CT molecular complexity index is 827. The highest BCUT2D eigenvalue weighted by Crippen LogP contribution is 2.22. The van der Waals surface area contributed by atoms with Gasteiger partial charge < -0.3 is 0 Å². The molecule has 0 unspecified atom stereocenters. The van der Waals surface area contributed by atoms with Gasteiger partial charge in [-0.2, -0.15) is 0 Å². The van der Waals surface area contributed by atoms with Crippen LogP contribution in [0.4, 0.5) is 0 Å². The summed E-state index contributed by atoms with van der Waals surface area (Å²) in [6.07, 6.45) is 0.915. The molecule has 0 amide bonds. The highest BCUT2D eigenvalue weighted by molar-refractivity contribution is 7.98. The van der Waals surface area contributed by atoms with Gasteiger partial charge in [0.25, 0.3) is 5.56 Å². The normalized spacial score (nSPS) is 11.0. The van der Waals surface area contributed by atoms with E-state index in [1.54, 1.807) is 16.3 Å². The van der Waals surface area contributed by atoms with E-state index in [-0.39, 0.29) is 5.56 Å². The van der Waals surface area contributed by atoms with Gasteiger partial charge in [-0.05, 0) is 24.1 Å². The van der Waals surface area contributed by atoms with Crippen molar-refractivity contribution in [2.45, 2.75) is 30.8 Å². The van der Waals surface area contributed by atoms with Crippen LogP contribution in [0.25, 0.3) is 10.9 Å². The van der Waals surface area contributed by atoms with E-state index < -0.39 is 0 Å². The van der Waals surface area contributed by atoms with E-state index in [1.807, 2.05) is 42.5 Å². The highest BCUT2D eigenvalue weighted by Gasteiger charge is 2.10. The van der Waals surface area contributed by atoms with Gasteiger partial charge in [0.2, 0.25) is 0 Å². The van der Waals surface area contributed by atoms with Gasteiger partial charge in [-0.1, -0.05) is 61.2 Å². The SMILES string of the molecule is CCCn1c(SCc2ccccc2)nc2ccccc2c1=O. The predicted molar refractivity (Wildman–Crippen MR) is 92.3 cm³/mol. The smallest absolute Gasteiger partial charge is 0.262 e. The average molecular weight is 310 g/mol. The van der Waals surface area contributed by atoms with Crippen LogP contribution in [0.1, 0.15) is 18.9 Å². The Hall–Kier alpha value is -2.07. The fourth-order valence-corrected chi connectivity index (χ4v) is 3.38. The summed E-state index contributed by atoms with van der Waals surface area (Å²) in [7, 11) is 0. The van der Waals surface area contributed by atoms with Crippen molar-refractivity contribution in [3.05, 3.63) is 70.5 Å². The number of benzene rings is 2. The molecule has 0 saturated carbocycles. The summed E-state index contributed by atoms with van der Waals surface area (Å²) in [4.78, 5) is 17.4. The van der Waals surface area contributed by atoms with Crippen molar-refractivity contribution in [1.82, 2.24) is 9.55 Å². The third-order valence-electron chi connectivity index (χ3n) is 3.48. The minimum Gasteiger partial charge on any atom is -0.287 e.